The Morgan fingerprint density at radius 2 is 2.15 bits per heavy atom. The number of carbonyl (C=O) groups is 2. The highest BCUT2D eigenvalue weighted by Gasteiger charge is 2.56. The van der Waals surface area contributed by atoms with Gasteiger partial charge in [-0.25, -0.2) is 9.59 Å². The number of nitrogens with zero attached hydrogens (tertiary/aromatic N) is 1. The van der Waals surface area contributed by atoms with Crippen LogP contribution in [-0.4, -0.2) is 41.3 Å². The molecule has 3 atom stereocenters. The fraction of sp³-hybridized carbons (Fsp3) is 0.750. The van der Waals surface area contributed by atoms with E-state index in [1.54, 1.807) is 0 Å². The van der Waals surface area contributed by atoms with Gasteiger partial charge >= 0.3 is 12.1 Å². The van der Waals surface area contributed by atoms with Gasteiger partial charge in [0.1, 0.15) is 6.04 Å². The van der Waals surface area contributed by atoms with Crippen molar-refractivity contribution in [3.63, 3.8) is 0 Å². The SMILES string of the molecule is COC(=O)N1C(C(=O)O)CC2CC21. The highest BCUT2D eigenvalue weighted by Crippen LogP contribution is 2.47. The molecule has 0 aromatic carbocycles. The van der Waals surface area contributed by atoms with Gasteiger partial charge in [-0.05, 0) is 18.8 Å². The molecule has 0 bridgehead atoms. The molecule has 72 valence electrons. The van der Waals surface area contributed by atoms with Crippen molar-refractivity contribution in [1.82, 2.24) is 4.90 Å². The van der Waals surface area contributed by atoms with Crippen LogP contribution in [0, 0.1) is 5.92 Å². The second kappa shape index (κ2) is 2.61. The van der Waals surface area contributed by atoms with E-state index in [4.69, 9.17) is 5.11 Å². The fourth-order valence-electron chi connectivity index (χ4n) is 2.04. The smallest absolute Gasteiger partial charge is 0.410 e. The summed E-state index contributed by atoms with van der Waals surface area (Å²) in [6, 6.07) is -0.551. The zero-order valence-electron chi connectivity index (χ0n) is 7.27. The van der Waals surface area contributed by atoms with Crippen molar-refractivity contribution in [2.75, 3.05) is 7.11 Å². The van der Waals surface area contributed by atoms with Crippen LogP contribution in [0.25, 0.3) is 0 Å². The van der Waals surface area contributed by atoms with Crippen LogP contribution < -0.4 is 0 Å². The fourth-order valence-corrected chi connectivity index (χ4v) is 2.04. The molecule has 5 nitrogen and oxygen atoms in total. The monoisotopic (exact) mass is 185 g/mol. The second-order valence-electron chi connectivity index (χ2n) is 3.53. The van der Waals surface area contributed by atoms with Gasteiger partial charge in [0.15, 0.2) is 0 Å². The quantitative estimate of drug-likeness (QED) is 0.638. The maximum absolute atomic E-state index is 11.2. The van der Waals surface area contributed by atoms with Crippen LogP contribution >= 0.6 is 0 Å². The van der Waals surface area contributed by atoms with Gasteiger partial charge in [0, 0.05) is 6.04 Å². The minimum atomic E-state index is -0.933. The van der Waals surface area contributed by atoms with E-state index in [1.807, 2.05) is 0 Å². The molecule has 0 aromatic rings. The Morgan fingerprint density at radius 3 is 2.69 bits per heavy atom. The molecule has 2 aliphatic rings. The number of likely N-dealkylation sites (tertiary alicyclic amines) is 1. The normalized spacial score (nSPS) is 35.5. The van der Waals surface area contributed by atoms with Gasteiger partial charge in [0.25, 0.3) is 0 Å². The standard InChI is InChI=1S/C8H11NO4/c1-13-8(12)9-5-2-4(5)3-6(9)7(10)11/h4-6H,2-3H2,1H3,(H,10,11). The Bertz CT molecular complexity index is 265. The number of hydrogen-bond acceptors (Lipinski definition) is 3. The molecular formula is C8H11NO4. The molecule has 0 spiro atoms. The average Bonchev–Trinajstić information content (AvgIpc) is 2.76. The lowest BCUT2D eigenvalue weighted by molar-refractivity contribution is -0.142. The highest BCUT2D eigenvalue weighted by molar-refractivity contribution is 5.81. The van der Waals surface area contributed by atoms with Gasteiger partial charge in [-0.1, -0.05) is 0 Å². The molecule has 2 fully saturated rings. The minimum Gasteiger partial charge on any atom is -0.480 e. The molecule has 0 radical (unpaired) electrons. The molecule has 2 rings (SSSR count). The minimum absolute atomic E-state index is 0.119. The lowest BCUT2D eigenvalue weighted by Crippen LogP contribution is -2.42. The van der Waals surface area contributed by atoms with Gasteiger partial charge in [0.2, 0.25) is 0 Å². The van der Waals surface area contributed by atoms with Gasteiger partial charge < -0.3 is 9.84 Å². The number of carbonyl (C=O) groups excluding carboxylic acids is 1. The third-order valence-corrected chi connectivity index (χ3v) is 2.77. The number of methoxy groups -OCH3 is 1. The summed E-state index contributed by atoms with van der Waals surface area (Å²) in [6.45, 7) is 0. The van der Waals surface area contributed by atoms with E-state index in [0.717, 1.165) is 6.42 Å². The number of ether oxygens (including phenoxy) is 1. The largest absolute Gasteiger partial charge is 0.480 e. The summed E-state index contributed by atoms with van der Waals surface area (Å²) in [5.41, 5.74) is 0. The number of carboxylic acid groups (broad SMARTS) is 1. The van der Waals surface area contributed by atoms with Crippen molar-refractivity contribution in [2.45, 2.75) is 24.9 Å². The average molecular weight is 185 g/mol. The van der Waals surface area contributed by atoms with Crippen molar-refractivity contribution in [2.24, 2.45) is 5.92 Å². The van der Waals surface area contributed by atoms with Gasteiger partial charge in [0.05, 0.1) is 7.11 Å². The lowest BCUT2D eigenvalue weighted by atomic mass is 10.2. The number of piperidine rings is 1. The summed E-state index contributed by atoms with van der Waals surface area (Å²) in [7, 11) is 1.27. The van der Waals surface area contributed by atoms with Crippen molar-refractivity contribution in [3.05, 3.63) is 0 Å². The molecule has 1 aliphatic carbocycles. The van der Waals surface area contributed by atoms with Gasteiger partial charge in [-0.15, -0.1) is 0 Å². The van der Waals surface area contributed by atoms with Crippen LogP contribution in [0.3, 0.4) is 0 Å². The maximum Gasteiger partial charge on any atom is 0.410 e. The first-order valence-electron chi connectivity index (χ1n) is 4.24. The van der Waals surface area contributed by atoms with Crippen molar-refractivity contribution in [3.8, 4) is 0 Å². The van der Waals surface area contributed by atoms with Crippen molar-refractivity contribution >= 4 is 12.1 Å². The summed E-state index contributed by atoms with van der Waals surface area (Å²) >= 11 is 0. The predicted molar refractivity (Wildman–Crippen MR) is 42.2 cm³/mol. The number of fused-ring (bicyclic) bond motifs is 1. The number of amides is 1. The molecule has 1 heterocycles. The summed E-state index contributed by atoms with van der Waals surface area (Å²) in [6.07, 6.45) is 0.992. The van der Waals surface area contributed by atoms with E-state index in [-0.39, 0.29) is 6.04 Å². The molecule has 1 saturated heterocycles. The lowest BCUT2D eigenvalue weighted by Gasteiger charge is -2.22. The van der Waals surface area contributed by atoms with Crippen molar-refractivity contribution in [1.29, 1.82) is 0 Å². The second-order valence-corrected chi connectivity index (χ2v) is 3.53. The third kappa shape index (κ3) is 1.15. The number of carboxylic acids is 1. The van der Waals surface area contributed by atoms with Crippen LogP contribution in [0.4, 0.5) is 4.79 Å². The summed E-state index contributed by atoms with van der Waals surface area (Å²) in [5, 5.41) is 8.82. The van der Waals surface area contributed by atoms with Crippen LogP contribution in [0.1, 0.15) is 12.8 Å². The van der Waals surface area contributed by atoms with E-state index >= 15 is 0 Å². The highest BCUT2D eigenvalue weighted by atomic mass is 16.5. The molecule has 1 aliphatic heterocycles. The Morgan fingerprint density at radius 1 is 1.46 bits per heavy atom. The first-order valence-corrected chi connectivity index (χ1v) is 4.24. The van der Waals surface area contributed by atoms with Crippen LogP contribution in [0.2, 0.25) is 0 Å². The van der Waals surface area contributed by atoms with Crippen molar-refractivity contribution < 1.29 is 19.4 Å². The summed E-state index contributed by atoms with van der Waals surface area (Å²) < 4.78 is 4.54. The Labute approximate surface area is 75.3 Å². The zero-order valence-corrected chi connectivity index (χ0v) is 7.27. The predicted octanol–water partition coefficient (Wildman–Crippen LogP) is 0.300. The molecule has 1 saturated carbocycles. The first kappa shape index (κ1) is 8.34. The maximum atomic E-state index is 11.2. The van der Waals surface area contributed by atoms with E-state index < -0.39 is 18.1 Å². The van der Waals surface area contributed by atoms with Gasteiger partial charge in [-0.3, -0.25) is 4.90 Å². The van der Waals surface area contributed by atoms with Crippen LogP contribution in [-0.2, 0) is 9.53 Å². The summed E-state index contributed by atoms with van der Waals surface area (Å²) in [4.78, 5) is 23.3. The molecule has 13 heavy (non-hydrogen) atoms. The van der Waals surface area contributed by atoms with Gasteiger partial charge in [-0.2, -0.15) is 0 Å². The molecule has 1 amide bonds. The van der Waals surface area contributed by atoms with E-state index in [0.29, 0.717) is 12.3 Å². The van der Waals surface area contributed by atoms with Crippen LogP contribution in [0.15, 0.2) is 0 Å². The first-order chi connectivity index (χ1) is 6.15. The molecular weight excluding hydrogens is 174 g/mol. The molecule has 3 unspecified atom stereocenters. The van der Waals surface area contributed by atoms with E-state index in [2.05, 4.69) is 4.74 Å². The zero-order chi connectivity index (χ0) is 9.59. The van der Waals surface area contributed by atoms with E-state index in [9.17, 15) is 9.59 Å². The molecule has 0 aromatic heterocycles. The number of aliphatic carboxylic acids is 1. The topological polar surface area (TPSA) is 66.8 Å². The Kier molecular flexibility index (Phi) is 1.68. The number of hydrogen-bond donors (Lipinski definition) is 1. The number of rotatable bonds is 1. The van der Waals surface area contributed by atoms with Crippen LogP contribution in [0.5, 0.6) is 0 Å². The molecule has 5 heteroatoms. The van der Waals surface area contributed by atoms with E-state index in [1.165, 1.54) is 12.0 Å². The Hall–Kier alpha value is -1.26. The summed E-state index contributed by atoms with van der Waals surface area (Å²) in [5.74, 6) is -0.544. The third-order valence-electron chi connectivity index (χ3n) is 2.77. The molecule has 1 N–H and O–H groups in total. The Balaban J connectivity index is 2.13.